The Labute approximate surface area is 158 Å². The lowest BCUT2D eigenvalue weighted by atomic mass is 9.97. The SMILES string of the molecule is C[C@H](Cc1nncn1C)c1cccc(NC(=O)c2cccc(CCO)n2)c1. The molecule has 0 aliphatic carbocycles. The zero-order valence-corrected chi connectivity index (χ0v) is 15.5. The molecule has 3 aromatic rings. The molecule has 3 rings (SSSR count). The van der Waals surface area contributed by atoms with Gasteiger partial charge in [0.15, 0.2) is 0 Å². The second-order valence-corrected chi connectivity index (χ2v) is 6.53. The van der Waals surface area contributed by atoms with E-state index in [1.165, 1.54) is 0 Å². The van der Waals surface area contributed by atoms with E-state index in [0.29, 0.717) is 17.8 Å². The highest BCUT2D eigenvalue weighted by atomic mass is 16.3. The van der Waals surface area contributed by atoms with Crippen LogP contribution < -0.4 is 5.32 Å². The van der Waals surface area contributed by atoms with Gasteiger partial charge in [0, 0.05) is 37.9 Å². The maximum absolute atomic E-state index is 12.5. The third-order valence-electron chi connectivity index (χ3n) is 4.41. The van der Waals surface area contributed by atoms with E-state index in [0.717, 1.165) is 23.5 Å². The summed E-state index contributed by atoms with van der Waals surface area (Å²) in [6, 6.07) is 13.0. The number of nitrogens with one attached hydrogen (secondary N) is 1. The van der Waals surface area contributed by atoms with Gasteiger partial charge in [-0.1, -0.05) is 25.1 Å². The van der Waals surface area contributed by atoms with Crippen LogP contribution in [0.1, 0.15) is 40.4 Å². The second-order valence-electron chi connectivity index (χ2n) is 6.53. The number of carbonyl (C=O) groups excluding carboxylic acids is 1. The quantitative estimate of drug-likeness (QED) is 0.670. The van der Waals surface area contributed by atoms with Crippen molar-refractivity contribution in [1.82, 2.24) is 19.7 Å². The van der Waals surface area contributed by atoms with Gasteiger partial charge in [-0.2, -0.15) is 0 Å². The van der Waals surface area contributed by atoms with Crippen LogP contribution in [0.4, 0.5) is 5.69 Å². The molecule has 0 radical (unpaired) electrons. The Kier molecular flexibility index (Phi) is 5.93. The molecule has 7 heteroatoms. The second kappa shape index (κ2) is 8.55. The van der Waals surface area contributed by atoms with E-state index >= 15 is 0 Å². The molecule has 2 aromatic heterocycles. The first-order valence-corrected chi connectivity index (χ1v) is 8.88. The first kappa shape index (κ1) is 18.7. The molecule has 0 saturated heterocycles. The highest BCUT2D eigenvalue weighted by Crippen LogP contribution is 2.22. The van der Waals surface area contributed by atoms with Crippen molar-refractivity contribution in [1.29, 1.82) is 0 Å². The number of carbonyl (C=O) groups is 1. The van der Waals surface area contributed by atoms with E-state index < -0.39 is 0 Å². The van der Waals surface area contributed by atoms with Crippen molar-refractivity contribution < 1.29 is 9.90 Å². The van der Waals surface area contributed by atoms with Crippen molar-refractivity contribution in [2.24, 2.45) is 7.05 Å². The fraction of sp³-hybridized carbons (Fsp3) is 0.300. The summed E-state index contributed by atoms with van der Waals surface area (Å²) in [5, 5.41) is 20.0. The molecular formula is C20H23N5O2. The smallest absolute Gasteiger partial charge is 0.274 e. The predicted molar refractivity (Wildman–Crippen MR) is 103 cm³/mol. The number of aryl methyl sites for hydroxylation is 1. The summed E-state index contributed by atoms with van der Waals surface area (Å²) in [5.74, 6) is 0.880. The highest BCUT2D eigenvalue weighted by Gasteiger charge is 2.13. The van der Waals surface area contributed by atoms with Crippen LogP contribution in [0.2, 0.25) is 0 Å². The van der Waals surface area contributed by atoms with Crippen LogP contribution in [0.5, 0.6) is 0 Å². The zero-order valence-electron chi connectivity index (χ0n) is 15.5. The van der Waals surface area contributed by atoms with Crippen LogP contribution in [0.3, 0.4) is 0 Å². The van der Waals surface area contributed by atoms with Crippen LogP contribution in [-0.4, -0.2) is 37.4 Å². The third kappa shape index (κ3) is 4.77. The fourth-order valence-electron chi connectivity index (χ4n) is 2.86. The molecule has 1 amide bonds. The van der Waals surface area contributed by atoms with Gasteiger partial charge in [-0.25, -0.2) is 4.98 Å². The van der Waals surface area contributed by atoms with Crippen molar-refractivity contribution in [3.8, 4) is 0 Å². The summed E-state index contributed by atoms with van der Waals surface area (Å²) in [5.41, 5.74) is 2.85. The minimum atomic E-state index is -0.270. The molecule has 1 atom stereocenters. The van der Waals surface area contributed by atoms with Gasteiger partial charge >= 0.3 is 0 Å². The molecule has 7 nitrogen and oxygen atoms in total. The van der Waals surface area contributed by atoms with Crippen LogP contribution >= 0.6 is 0 Å². The van der Waals surface area contributed by atoms with E-state index in [1.54, 1.807) is 24.5 Å². The number of aromatic nitrogens is 4. The zero-order chi connectivity index (χ0) is 19.2. The van der Waals surface area contributed by atoms with Gasteiger partial charge in [-0.3, -0.25) is 4.79 Å². The number of anilines is 1. The standard InChI is InChI=1S/C20H23N5O2/c1-14(11-19-24-21-13-25(19)2)15-5-3-7-17(12-15)23-20(27)18-8-4-6-16(22-18)9-10-26/h3-8,12-14,26H,9-11H2,1-2H3,(H,23,27)/t14-/m1/s1. The molecule has 27 heavy (non-hydrogen) atoms. The van der Waals surface area contributed by atoms with Gasteiger partial charge < -0.3 is 15.0 Å². The number of benzene rings is 1. The first-order valence-electron chi connectivity index (χ1n) is 8.88. The molecule has 140 valence electrons. The molecule has 0 bridgehead atoms. The average molecular weight is 365 g/mol. The number of aliphatic hydroxyl groups excluding tert-OH is 1. The van der Waals surface area contributed by atoms with Crippen LogP contribution in [0, 0.1) is 0 Å². The molecule has 2 heterocycles. The van der Waals surface area contributed by atoms with Crippen LogP contribution in [0.25, 0.3) is 0 Å². The molecule has 0 spiro atoms. The van der Waals surface area contributed by atoms with Gasteiger partial charge in [0.05, 0.1) is 0 Å². The highest BCUT2D eigenvalue weighted by molar-refractivity contribution is 6.02. The number of hydrogen-bond donors (Lipinski definition) is 2. The minimum absolute atomic E-state index is 0.00350. The number of nitrogens with zero attached hydrogens (tertiary/aromatic N) is 4. The number of pyridine rings is 1. The Morgan fingerprint density at radius 1 is 1.26 bits per heavy atom. The maximum Gasteiger partial charge on any atom is 0.274 e. The van der Waals surface area contributed by atoms with Crippen LogP contribution in [-0.2, 0) is 19.9 Å². The molecule has 0 aliphatic heterocycles. The fourth-order valence-corrected chi connectivity index (χ4v) is 2.86. The molecule has 2 N–H and O–H groups in total. The number of amides is 1. The first-order chi connectivity index (χ1) is 13.1. The molecule has 0 unspecified atom stereocenters. The predicted octanol–water partition coefficient (Wildman–Crippen LogP) is 2.34. The third-order valence-corrected chi connectivity index (χ3v) is 4.41. The van der Waals surface area contributed by atoms with Crippen molar-refractivity contribution in [2.45, 2.75) is 25.7 Å². The number of aliphatic hydroxyl groups is 1. The van der Waals surface area contributed by atoms with E-state index in [2.05, 4.69) is 27.4 Å². The van der Waals surface area contributed by atoms with Crippen molar-refractivity contribution in [3.05, 3.63) is 71.6 Å². The van der Waals surface area contributed by atoms with Crippen molar-refractivity contribution >= 4 is 11.6 Å². The molecule has 1 aromatic carbocycles. The molecule has 0 aliphatic rings. The minimum Gasteiger partial charge on any atom is -0.396 e. The van der Waals surface area contributed by atoms with Crippen LogP contribution in [0.15, 0.2) is 48.8 Å². The largest absolute Gasteiger partial charge is 0.396 e. The molecule has 0 fully saturated rings. The Morgan fingerprint density at radius 2 is 2.07 bits per heavy atom. The summed E-state index contributed by atoms with van der Waals surface area (Å²) in [6.45, 7) is 2.12. The summed E-state index contributed by atoms with van der Waals surface area (Å²) in [4.78, 5) is 16.8. The van der Waals surface area contributed by atoms with Crippen molar-refractivity contribution in [2.75, 3.05) is 11.9 Å². The normalized spacial score (nSPS) is 12.0. The Hall–Kier alpha value is -3.06. The summed E-state index contributed by atoms with van der Waals surface area (Å²) < 4.78 is 1.91. The van der Waals surface area contributed by atoms with Gasteiger partial charge in [0.2, 0.25) is 0 Å². The summed E-state index contributed by atoms with van der Waals surface area (Å²) in [6.07, 6.45) is 2.88. The summed E-state index contributed by atoms with van der Waals surface area (Å²) in [7, 11) is 1.93. The Morgan fingerprint density at radius 3 is 2.81 bits per heavy atom. The van der Waals surface area contributed by atoms with E-state index in [9.17, 15) is 4.79 Å². The van der Waals surface area contributed by atoms with E-state index in [1.807, 2.05) is 35.9 Å². The lowest BCUT2D eigenvalue weighted by Gasteiger charge is -2.13. The summed E-state index contributed by atoms with van der Waals surface area (Å²) >= 11 is 0. The lowest BCUT2D eigenvalue weighted by Crippen LogP contribution is -2.15. The molecule has 0 saturated carbocycles. The van der Waals surface area contributed by atoms with Gasteiger partial charge in [-0.05, 0) is 35.7 Å². The van der Waals surface area contributed by atoms with E-state index in [4.69, 9.17) is 5.11 Å². The average Bonchev–Trinajstić information content (AvgIpc) is 3.07. The monoisotopic (exact) mass is 365 g/mol. The molecular weight excluding hydrogens is 342 g/mol. The Balaban J connectivity index is 1.71. The topological polar surface area (TPSA) is 92.9 Å². The Bertz CT molecular complexity index is 922. The lowest BCUT2D eigenvalue weighted by molar-refractivity contribution is 0.102. The van der Waals surface area contributed by atoms with Gasteiger partial charge in [-0.15, -0.1) is 10.2 Å². The number of hydrogen-bond acceptors (Lipinski definition) is 5. The van der Waals surface area contributed by atoms with E-state index in [-0.39, 0.29) is 18.4 Å². The van der Waals surface area contributed by atoms with Gasteiger partial charge in [0.25, 0.3) is 5.91 Å². The number of rotatable bonds is 7. The maximum atomic E-state index is 12.5. The van der Waals surface area contributed by atoms with Crippen molar-refractivity contribution in [3.63, 3.8) is 0 Å². The van der Waals surface area contributed by atoms with Gasteiger partial charge in [0.1, 0.15) is 17.8 Å².